The normalized spacial score (nSPS) is 9.59. The zero-order valence-electron chi connectivity index (χ0n) is 10.3. The molecule has 0 aliphatic rings. The number of halogens is 1. The van der Waals surface area contributed by atoms with Gasteiger partial charge in [-0.05, 0) is 30.7 Å². The molecule has 0 aromatic heterocycles. The lowest BCUT2D eigenvalue weighted by Gasteiger charge is -2.08. The van der Waals surface area contributed by atoms with Gasteiger partial charge in [0.15, 0.2) is 0 Å². The van der Waals surface area contributed by atoms with Crippen LogP contribution in [0.3, 0.4) is 0 Å². The lowest BCUT2D eigenvalue weighted by molar-refractivity contribution is 0.172. The molecule has 0 aliphatic heterocycles. The third kappa shape index (κ3) is 5.12. The maximum Gasteiger partial charge on any atom is 0.122 e. The summed E-state index contributed by atoms with van der Waals surface area (Å²) in [7, 11) is 1.69. The predicted molar refractivity (Wildman–Crippen MR) is 70.8 cm³/mol. The molecule has 0 atom stereocenters. The Morgan fingerprint density at radius 1 is 1.29 bits per heavy atom. The van der Waals surface area contributed by atoms with E-state index in [1.807, 2.05) is 25.1 Å². The minimum atomic E-state index is 0.355. The Bertz CT molecular complexity index is 404. The van der Waals surface area contributed by atoms with Crippen molar-refractivity contribution in [2.45, 2.75) is 13.3 Å². The van der Waals surface area contributed by atoms with E-state index in [9.17, 15) is 0 Å². The summed E-state index contributed by atoms with van der Waals surface area (Å²) in [6, 6.07) is 5.89. The lowest BCUT2D eigenvalue weighted by Crippen LogP contribution is -2.02. The van der Waals surface area contributed by atoms with Gasteiger partial charge in [0, 0.05) is 25.7 Å². The summed E-state index contributed by atoms with van der Waals surface area (Å²) >= 11 is 5.51. The Labute approximate surface area is 108 Å². The Hall–Kier alpha value is -1.17. The van der Waals surface area contributed by atoms with Gasteiger partial charge in [-0.3, -0.25) is 0 Å². The third-order valence-electron chi connectivity index (χ3n) is 2.22. The molecule has 0 unspecified atom stereocenters. The predicted octanol–water partition coefficient (Wildman–Crippen LogP) is 3.00. The molecule has 0 aliphatic carbocycles. The first-order chi connectivity index (χ1) is 8.27. The topological polar surface area (TPSA) is 18.5 Å². The highest BCUT2D eigenvalue weighted by atomic mass is 35.5. The van der Waals surface area contributed by atoms with Crippen LogP contribution in [0.15, 0.2) is 18.2 Å². The fraction of sp³-hybridized carbons (Fsp3) is 0.429. The number of rotatable bonds is 5. The number of hydrogen-bond acceptors (Lipinski definition) is 2. The van der Waals surface area contributed by atoms with Crippen LogP contribution in [0.25, 0.3) is 0 Å². The average molecular weight is 253 g/mol. The summed E-state index contributed by atoms with van der Waals surface area (Å²) in [4.78, 5) is 0. The molecule has 1 aromatic rings. The number of alkyl halides is 1. The summed E-state index contributed by atoms with van der Waals surface area (Å²) in [5, 5.41) is 0. The van der Waals surface area contributed by atoms with Crippen LogP contribution in [0.1, 0.15) is 17.5 Å². The van der Waals surface area contributed by atoms with Crippen LogP contribution in [0.2, 0.25) is 0 Å². The minimum Gasteiger partial charge on any atom is -0.493 e. The number of hydrogen-bond donors (Lipinski definition) is 0. The van der Waals surface area contributed by atoms with Crippen molar-refractivity contribution < 1.29 is 9.47 Å². The van der Waals surface area contributed by atoms with Gasteiger partial charge in [0.05, 0.1) is 12.5 Å². The second-order valence-electron chi connectivity index (χ2n) is 3.61. The highest BCUT2D eigenvalue weighted by molar-refractivity contribution is 6.19. The quantitative estimate of drug-likeness (QED) is 0.456. The molecule has 1 aromatic carbocycles. The molecule has 0 saturated carbocycles. The van der Waals surface area contributed by atoms with Crippen molar-refractivity contribution in [3.8, 4) is 17.6 Å². The molecule has 92 valence electrons. The van der Waals surface area contributed by atoms with Gasteiger partial charge in [0.1, 0.15) is 5.75 Å². The first-order valence-corrected chi connectivity index (χ1v) is 6.08. The second-order valence-corrected chi connectivity index (χ2v) is 3.88. The molecule has 1 rings (SSSR count). The number of aryl methyl sites for hydroxylation is 1. The smallest absolute Gasteiger partial charge is 0.122 e. The van der Waals surface area contributed by atoms with Crippen LogP contribution in [0.5, 0.6) is 5.75 Å². The second kappa shape index (κ2) is 8.00. The highest BCUT2D eigenvalue weighted by Gasteiger charge is 1.99. The van der Waals surface area contributed by atoms with Gasteiger partial charge < -0.3 is 9.47 Å². The minimum absolute atomic E-state index is 0.355. The SMILES string of the molecule is COCCCOc1ccc(C#CCCl)cc1C. The van der Waals surface area contributed by atoms with Crippen molar-refractivity contribution in [2.24, 2.45) is 0 Å². The van der Waals surface area contributed by atoms with Gasteiger partial charge in [-0.25, -0.2) is 0 Å². The summed E-state index contributed by atoms with van der Waals surface area (Å²) in [6.07, 6.45) is 0.893. The zero-order valence-corrected chi connectivity index (χ0v) is 11.0. The Balaban J connectivity index is 2.57. The molecular formula is C14H17ClO2. The van der Waals surface area contributed by atoms with E-state index >= 15 is 0 Å². The van der Waals surface area contributed by atoms with Crippen molar-refractivity contribution in [2.75, 3.05) is 26.2 Å². The standard InChI is InChI=1S/C14H17ClO2/c1-12-11-13(5-3-8-15)6-7-14(12)17-10-4-9-16-2/h6-7,11H,4,8-10H2,1-2H3. The maximum atomic E-state index is 5.64. The Kier molecular flexibility index (Phi) is 6.54. The van der Waals surface area contributed by atoms with E-state index in [2.05, 4.69) is 11.8 Å². The average Bonchev–Trinajstić information content (AvgIpc) is 2.34. The number of benzene rings is 1. The first kappa shape index (κ1) is 13.9. The molecule has 0 amide bonds. The highest BCUT2D eigenvalue weighted by Crippen LogP contribution is 2.18. The van der Waals surface area contributed by atoms with Gasteiger partial charge >= 0.3 is 0 Å². The molecule has 0 spiro atoms. The molecule has 0 bridgehead atoms. The number of methoxy groups -OCH3 is 1. The van der Waals surface area contributed by atoms with E-state index in [4.69, 9.17) is 21.1 Å². The van der Waals surface area contributed by atoms with E-state index in [1.165, 1.54) is 0 Å². The molecule has 0 radical (unpaired) electrons. The van der Waals surface area contributed by atoms with Crippen molar-refractivity contribution >= 4 is 11.6 Å². The monoisotopic (exact) mass is 252 g/mol. The van der Waals surface area contributed by atoms with Crippen LogP contribution in [-0.4, -0.2) is 26.2 Å². The molecule has 2 nitrogen and oxygen atoms in total. The summed E-state index contributed by atoms with van der Waals surface area (Å²) in [5.74, 6) is 7.07. The summed E-state index contributed by atoms with van der Waals surface area (Å²) < 4.78 is 10.6. The maximum absolute atomic E-state index is 5.64. The van der Waals surface area contributed by atoms with Crippen molar-refractivity contribution in [3.63, 3.8) is 0 Å². The fourth-order valence-electron chi connectivity index (χ4n) is 1.41. The van der Waals surface area contributed by atoms with Crippen LogP contribution in [-0.2, 0) is 4.74 Å². The van der Waals surface area contributed by atoms with Crippen LogP contribution >= 0.6 is 11.6 Å². The Morgan fingerprint density at radius 3 is 2.76 bits per heavy atom. The van der Waals surface area contributed by atoms with E-state index in [-0.39, 0.29) is 0 Å². The van der Waals surface area contributed by atoms with Gasteiger partial charge in [-0.15, -0.1) is 11.6 Å². The third-order valence-corrected chi connectivity index (χ3v) is 2.36. The summed E-state index contributed by atoms with van der Waals surface area (Å²) in [6.45, 7) is 3.40. The van der Waals surface area contributed by atoms with E-state index < -0.39 is 0 Å². The largest absolute Gasteiger partial charge is 0.493 e. The number of ether oxygens (including phenoxy) is 2. The molecule has 3 heteroatoms. The first-order valence-electron chi connectivity index (χ1n) is 5.55. The summed E-state index contributed by atoms with van der Waals surface area (Å²) in [5.41, 5.74) is 2.05. The molecule has 0 fully saturated rings. The van der Waals surface area contributed by atoms with Crippen molar-refractivity contribution in [1.29, 1.82) is 0 Å². The van der Waals surface area contributed by atoms with Gasteiger partial charge in [0.25, 0.3) is 0 Å². The Morgan fingerprint density at radius 2 is 2.12 bits per heavy atom. The van der Waals surface area contributed by atoms with Gasteiger partial charge in [-0.1, -0.05) is 11.8 Å². The molecule has 0 heterocycles. The van der Waals surface area contributed by atoms with E-state index in [0.717, 1.165) is 29.9 Å². The van der Waals surface area contributed by atoms with Gasteiger partial charge in [-0.2, -0.15) is 0 Å². The molecule has 0 saturated heterocycles. The van der Waals surface area contributed by atoms with E-state index in [1.54, 1.807) is 7.11 Å². The lowest BCUT2D eigenvalue weighted by atomic mass is 10.1. The van der Waals surface area contributed by atoms with Crippen molar-refractivity contribution in [1.82, 2.24) is 0 Å². The van der Waals surface area contributed by atoms with Crippen LogP contribution in [0.4, 0.5) is 0 Å². The van der Waals surface area contributed by atoms with Crippen molar-refractivity contribution in [3.05, 3.63) is 29.3 Å². The van der Waals surface area contributed by atoms with Gasteiger partial charge in [0.2, 0.25) is 0 Å². The molecular weight excluding hydrogens is 236 g/mol. The van der Waals surface area contributed by atoms with Crippen LogP contribution < -0.4 is 4.74 Å². The fourth-order valence-corrected chi connectivity index (χ4v) is 1.48. The van der Waals surface area contributed by atoms with E-state index in [0.29, 0.717) is 12.5 Å². The molecule has 0 N–H and O–H groups in total. The zero-order chi connectivity index (χ0) is 12.5. The molecule has 17 heavy (non-hydrogen) atoms. The van der Waals surface area contributed by atoms with Crippen LogP contribution in [0, 0.1) is 18.8 Å².